The van der Waals surface area contributed by atoms with E-state index >= 15 is 0 Å². The highest BCUT2D eigenvalue weighted by molar-refractivity contribution is 9.10. The molecule has 0 amide bonds. The average Bonchev–Trinajstić information content (AvgIpc) is 2.36. The van der Waals surface area contributed by atoms with Crippen molar-refractivity contribution in [1.29, 1.82) is 0 Å². The van der Waals surface area contributed by atoms with E-state index < -0.39 is 0 Å². The van der Waals surface area contributed by atoms with Gasteiger partial charge in [-0.2, -0.15) is 11.8 Å². The molecule has 3 atom stereocenters. The van der Waals surface area contributed by atoms with Gasteiger partial charge in [0.15, 0.2) is 0 Å². The lowest BCUT2D eigenvalue weighted by atomic mass is 10.3. The zero-order valence-electron chi connectivity index (χ0n) is 10.7. The van der Waals surface area contributed by atoms with E-state index in [1.165, 1.54) is 0 Å². The summed E-state index contributed by atoms with van der Waals surface area (Å²) >= 11 is 12.9. The van der Waals surface area contributed by atoms with Gasteiger partial charge < -0.3 is 4.98 Å². The number of nitrogens with zero attached hydrogens (tertiary/aromatic N) is 1. The second-order valence-electron chi connectivity index (χ2n) is 4.44. The minimum Gasteiger partial charge on any atom is -0.345 e. The number of hydrogen-bond acceptors (Lipinski definition) is 4. The van der Waals surface area contributed by atoms with Crippen LogP contribution in [0.2, 0.25) is 0 Å². The minimum atomic E-state index is 0.432. The first-order chi connectivity index (χ1) is 8.52. The molecule has 1 aliphatic heterocycles. The second-order valence-corrected chi connectivity index (χ2v) is 8.62. The first-order valence-electron chi connectivity index (χ1n) is 6.08. The Balaban J connectivity index is 2.29. The summed E-state index contributed by atoms with van der Waals surface area (Å²) in [6.45, 7) is 6.72. The van der Waals surface area contributed by atoms with E-state index in [1.807, 2.05) is 23.5 Å². The van der Waals surface area contributed by atoms with Crippen molar-refractivity contribution in [1.82, 2.24) is 9.97 Å². The zero-order valence-corrected chi connectivity index (χ0v) is 14.7. The third-order valence-corrected chi connectivity index (χ3v) is 7.97. The van der Waals surface area contributed by atoms with Crippen LogP contribution in [-0.4, -0.2) is 26.2 Å². The van der Waals surface area contributed by atoms with E-state index in [0.29, 0.717) is 15.1 Å². The fraction of sp³-hybridized carbons (Fsp3) is 0.667. The van der Waals surface area contributed by atoms with Crippen molar-refractivity contribution in [2.24, 2.45) is 0 Å². The molecule has 2 heterocycles. The van der Waals surface area contributed by atoms with Gasteiger partial charge in [-0.05, 0) is 22.4 Å². The Morgan fingerprint density at radius 2 is 2.17 bits per heavy atom. The molecule has 1 N–H and O–H groups in total. The van der Waals surface area contributed by atoms with Crippen LogP contribution in [0.5, 0.6) is 0 Å². The van der Waals surface area contributed by atoms with Crippen LogP contribution in [-0.2, 0) is 6.42 Å². The third-order valence-electron chi connectivity index (χ3n) is 3.16. The Morgan fingerprint density at radius 3 is 2.78 bits per heavy atom. The van der Waals surface area contributed by atoms with Gasteiger partial charge in [-0.25, -0.2) is 4.98 Å². The molecule has 100 valence electrons. The quantitative estimate of drug-likeness (QED) is 0.765. The number of thioether (sulfide) groups is 2. The van der Waals surface area contributed by atoms with Crippen molar-refractivity contribution >= 4 is 51.7 Å². The van der Waals surface area contributed by atoms with Gasteiger partial charge in [0.1, 0.15) is 10.5 Å². The summed E-state index contributed by atoms with van der Waals surface area (Å²) in [5, 5.41) is 1.81. The lowest BCUT2D eigenvalue weighted by Gasteiger charge is -2.30. The van der Waals surface area contributed by atoms with Crippen LogP contribution >= 0.6 is 51.7 Å². The second kappa shape index (κ2) is 6.29. The zero-order chi connectivity index (χ0) is 13.3. The monoisotopic (exact) mass is 364 g/mol. The minimum absolute atomic E-state index is 0.432. The predicted molar refractivity (Wildman–Crippen MR) is 88.2 cm³/mol. The van der Waals surface area contributed by atoms with Crippen LogP contribution in [0.25, 0.3) is 0 Å². The third kappa shape index (κ3) is 3.14. The van der Waals surface area contributed by atoms with Crippen molar-refractivity contribution < 1.29 is 0 Å². The molecule has 2 nitrogen and oxygen atoms in total. The van der Waals surface area contributed by atoms with Gasteiger partial charge in [0.05, 0.1) is 9.72 Å². The molecule has 1 aromatic rings. The predicted octanol–water partition coefficient (Wildman–Crippen LogP) is 4.76. The maximum atomic E-state index is 5.32. The van der Waals surface area contributed by atoms with Gasteiger partial charge in [0.25, 0.3) is 0 Å². The molecule has 0 spiro atoms. The maximum absolute atomic E-state index is 5.32. The van der Waals surface area contributed by atoms with E-state index in [4.69, 9.17) is 12.2 Å². The molecule has 6 heteroatoms. The summed E-state index contributed by atoms with van der Waals surface area (Å²) in [4.78, 5) is 7.99. The average molecular weight is 365 g/mol. The van der Waals surface area contributed by atoms with Gasteiger partial charge >= 0.3 is 0 Å². The van der Waals surface area contributed by atoms with Crippen molar-refractivity contribution in [3.63, 3.8) is 0 Å². The molecule has 18 heavy (non-hydrogen) atoms. The number of aryl methyl sites for hydroxylation is 1. The maximum Gasteiger partial charge on any atom is 0.144 e. The van der Waals surface area contributed by atoms with E-state index in [0.717, 1.165) is 33.4 Å². The number of nitrogens with one attached hydrogen (secondary N) is 1. The molecule has 1 saturated heterocycles. The molecule has 0 aromatic carbocycles. The van der Waals surface area contributed by atoms with Gasteiger partial charge in [0.2, 0.25) is 0 Å². The molecule has 0 radical (unpaired) electrons. The van der Waals surface area contributed by atoms with Crippen molar-refractivity contribution in [3.8, 4) is 0 Å². The number of halogens is 1. The Kier molecular flexibility index (Phi) is 5.20. The summed E-state index contributed by atoms with van der Waals surface area (Å²) in [6.07, 6.45) is 0.941. The van der Waals surface area contributed by atoms with Gasteiger partial charge in [-0.3, -0.25) is 0 Å². The fourth-order valence-electron chi connectivity index (χ4n) is 1.85. The van der Waals surface area contributed by atoms with Crippen LogP contribution in [0.15, 0.2) is 4.47 Å². The summed E-state index contributed by atoms with van der Waals surface area (Å²) in [7, 11) is 0. The van der Waals surface area contributed by atoms with Crippen molar-refractivity contribution in [2.45, 2.75) is 42.9 Å². The molecule has 0 saturated carbocycles. The standard InChI is InChI=1S/C12H17BrN2S3/c1-4-8-10(13)12(16)15-11(14-8)9-5-17-6(2)7(3)18-9/h6-7,9H,4-5H2,1-3H3,(H,14,15,16). The van der Waals surface area contributed by atoms with E-state index in [2.05, 4.69) is 46.7 Å². The van der Waals surface area contributed by atoms with Crippen LogP contribution in [0.1, 0.15) is 37.5 Å². The number of rotatable bonds is 2. The van der Waals surface area contributed by atoms with Crippen molar-refractivity contribution in [2.75, 3.05) is 5.75 Å². The Morgan fingerprint density at radius 1 is 1.44 bits per heavy atom. The summed E-state index contributed by atoms with van der Waals surface area (Å²) in [5.74, 6) is 2.15. The molecular formula is C12H17BrN2S3. The fourth-order valence-corrected chi connectivity index (χ4v) is 5.40. The summed E-state index contributed by atoms with van der Waals surface area (Å²) < 4.78 is 1.62. The summed E-state index contributed by atoms with van der Waals surface area (Å²) in [5.41, 5.74) is 1.15. The molecule has 0 bridgehead atoms. The smallest absolute Gasteiger partial charge is 0.144 e. The lowest BCUT2D eigenvalue weighted by molar-refractivity contribution is 0.833. The molecule has 2 rings (SSSR count). The first-order valence-corrected chi connectivity index (χ1v) is 9.27. The highest BCUT2D eigenvalue weighted by Gasteiger charge is 2.28. The van der Waals surface area contributed by atoms with Gasteiger partial charge in [0, 0.05) is 21.9 Å². The van der Waals surface area contributed by atoms with Crippen LogP contribution < -0.4 is 0 Å². The molecule has 1 fully saturated rings. The van der Waals surface area contributed by atoms with E-state index in [1.54, 1.807) is 0 Å². The van der Waals surface area contributed by atoms with Gasteiger partial charge in [-0.15, -0.1) is 11.8 Å². The van der Waals surface area contributed by atoms with Crippen LogP contribution in [0, 0.1) is 4.64 Å². The number of aromatic amines is 1. The Bertz CT molecular complexity index is 489. The lowest BCUT2D eigenvalue weighted by Crippen LogP contribution is -2.23. The SMILES string of the molecule is CCc1[nH]c(C2CSC(C)C(C)S2)nc(=S)c1Br. The number of aromatic nitrogens is 2. The van der Waals surface area contributed by atoms with E-state index in [9.17, 15) is 0 Å². The summed E-state index contributed by atoms with van der Waals surface area (Å²) in [6, 6.07) is 0. The molecule has 3 unspecified atom stereocenters. The molecule has 1 aliphatic rings. The van der Waals surface area contributed by atoms with Gasteiger partial charge in [-0.1, -0.05) is 33.0 Å². The number of H-pyrrole nitrogens is 1. The van der Waals surface area contributed by atoms with Crippen molar-refractivity contribution in [3.05, 3.63) is 20.6 Å². The van der Waals surface area contributed by atoms with E-state index in [-0.39, 0.29) is 0 Å². The number of hydrogen-bond donors (Lipinski definition) is 1. The Hall–Kier alpha value is 0.480. The highest BCUT2D eigenvalue weighted by Crippen LogP contribution is 2.43. The van der Waals surface area contributed by atoms with Crippen LogP contribution in [0.3, 0.4) is 0 Å². The first kappa shape index (κ1) is 14.9. The highest BCUT2D eigenvalue weighted by atomic mass is 79.9. The Labute approximate surface area is 130 Å². The van der Waals surface area contributed by atoms with Crippen LogP contribution in [0.4, 0.5) is 0 Å². The normalized spacial score (nSPS) is 28.3. The molecule has 0 aliphatic carbocycles. The largest absolute Gasteiger partial charge is 0.345 e. The molecule has 1 aromatic heterocycles. The molecular weight excluding hydrogens is 348 g/mol. The topological polar surface area (TPSA) is 28.7 Å².